The van der Waals surface area contributed by atoms with E-state index in [-0.39, 0.29) is 11.8 Å². The van der Waals surface area contributed by atoms with E-state index in [4.69, 9.17) is 4.74 Å². The van der Waals surface area contributed by atoms with Crippen molar-refractivity contribution in [3.63, 3.8) is 0 Å². The summed E-state index contributed by atoms with van der Waals surface area (Å²) in [6.07, 6.45) is 3.94. The average Bonchev–Trinajstić information content (AvgIpc) is 3.13. The lowest BCUT2D eigenvalue weighted by Gasteiger charge is -2.15. The molecule has 0 bridgehead atoms. The Labute approximate surface area is 186 Å². The average molecular weight is 435 g/mol. The standard InChI is InChI=1S/C25H26N2O3S/c1-3-30-20-14-8-7-13-19(20)26-24(29)22-18-12-6-9-15-21(18)31-25(22)27-23(28)17-11-5-4-10-16(17)2/h4-5,7-8,10-11,13-14H,3,6,9,12,15H2,1-2H3,(H,26,29)(H,27,28). The first kappa shape index (κ1) is 21.1. The van der Waals surface area contributed by atoms with E-state index in [2.05, 4.69) is 10.6 Å². The summed E-state index contributed by atoms with van der Waals surface area (Å²) in [6, 6.07) is 14.9. The number of benzene rings is 2. The van der Waals surface area contributed by atoms with Gasteiger partial charge in [-0.2, -0.15) is 0 Å². The molecule has 0 saturated carbocycles. The second-order valence-corrected chi connectivity index (χ2v) is 8.67. The highest BCUT2D eigenvalue weighted by atomic mass is 32.1. The van der Waals surface area contributed by atoms with E-state index in [0.717, 1.165) is 36.8 Å². The van der Waals surface area contributed by atoms with E-state index < -0.39 is 0 Å². The third-order valence-electron chi connectivity index (χ3n) is 5.45. The number of thiophene rings is 1. The number of para-hydroxylation sites is 2. The molecule has 2 aromatic carbocycles. The highest BCUT2D eigenvalue weighted by Crippen LogP contribution is 2.39. The molecule has 0 radical (unpaired) electrons. The lowest BCUT2D eigenvalue weighted by Crippen LogP contribution is -2.19. The number of carbonyl (C=O) groups is 2. The second-order valence-electron chi connectivity index (χ2n) is 7.57. The zero-order valence-electron chi connectivity index (χ0n) is 17.8. The molecule has 5 nitrogen and oxygen atoms in total. The van der Waals surface area contributed by atoms with Crippen LogP contribution in [0.15, 0.2) is 48.5 Å². The van der Waals surface area contributed by atoms with Crippen molar-refractivity contribution in [1.82, 2.24) is 0 Å². The molecule has 1 aliphatic rings. The van der Waals surface area contributed by atoms with E-state index in [9.17, 15) is 9.59 Å². The number of hydrogen-bond acceptors (Lipinski definition) is 4. The Kier molecular flexibility index (Phi) is 6.37. The second kappa shape index (κ2) is 9.35. The largest absolute Gasteiger partial charge is 0.492 e. The minimum Gasteiger partial charge on any atom is -0.492 e. The highest BCUT2D eigenvalue weighted by molar-refractivity contribution is 7.17. The molecule has 0 atom stereocenters. The summed E-state index contributed by atoms with van der Waals surface area (Å²) in [5.41, 5.74) is 3.77. The van der Waals surface area contributed by atoms with Gasteiger partial charge in [-0.3, -0.25) is 9.59 Å². The molecule has 6 heteroatoms. The summed E-state index contributed by atoms with van der Waals surface area (Å²) in [4.78, 5) is 27.6. The molecule has 4 rings (SSSR count). The first-order chi connectivity index (χ1) is 15.1. The first-order valence-corrected chi connectivity index (χ1v) is 11.4. The lowest BCUT2D eigenvalue weighted by molar-refractivity contribution is 0.102. The van der Waals surface area contributed by atoms with Crippen LogP contribution < -0.4 is 15.4 Å². The molecule has 2 N–H and O–H groups in total. The van der Waals surface area contributed by atoms with Gasteiger partial charge in [-0.25, -0.2) is 0 Å². The fraction of sp³-hybridized carbons (Fsp3) is 0.280. The molecule has 1 heterocycles. The Morgan fingerprint density at radius 2 is 1.71 bits per heavy atom. The van der Waals surface area contributed by atoms with Gasteiger partial charge in [-0.1, -0.05) is 30.3 Å². The van der Waals surface area contributed by atoms with E-state index in [1.165, 1.54) is 16.2 Å². The van der Waals surface area contributed by atoms with Crippen LogP contribution in [0.4, 0.5) is 10.7 Å². The predicted octanol–water partition coefficient (Wildman–Crippen LogP) is 5.84. The normalized spacial score (nSPS) is 12.7. The fourth-order valence-corrected chi connectivity index (χ4v) is 5.21. The van der Waals surface area contributed by atoms with Gasteiger partial charge in [0.15, 0.2) is 0 Å². The number of nitrogens with one attached hydrogen (secondary N) is 2. The molecule has 1 aromatic heterocycles. The molecule has 1 aliphatic carbocycles. The Morgan fingerprint density at radius 1 is 0.968 bits per heavy atom. The zero-order chi connectivity index (χ0) is 21.8. The van der Waals surface area contributed by atoms with Gasteiger partial charge in [0.1, 0.15) is 10.8 Å². The monoisotopic (exact) mass is 434 g/mol. The third-order valence-corrected chi connectivity index (χ3v) is 6.66. The number of anilines is 2. The Morgan fingerprint density at radius 3 is 2.52 bits per heavy atom. The number of ether oxygens (including phenoxy) is 1. The van der Waals surface area contributed by atoms with Gasteiger partial charge in [0.25, 0.3) is 11.8 Å². The summed E-state index contributed by atoms with van der Waals surface area (Å²) in [7, 11) is 0. The lowest BCUT2D eigenvalue weighted by atomic mass is 9.95. The van der Waals surface area contributed by atoms with Crippen LogP contribution in [0.2, 0.25) is 0 Å². The maximum Gasteiger partial charge on any atom is 0.259 e. The van der Waals surface area contributed by atoms with Crippen LogP contribution in [0.1, 0.15) is 56.5 Å². The van der Waals surface area contributed by atoms with Gasteiger partial charge >= 0.3 is 0 Å². The van der Waals surface area contributed by atoms with Crippen LogP contribution >= 0.6 is 11.3 Å². The molecular weight excluding hydrogens is 408 g/mol. The molecule has 0 saturated heterocycles. The molecule has 2 amide bonds. The Hall–Kier alpha value is -3.12. The number of hydrogen-bond donors (Lipinski definition) is 2. The quantitative estimate of drug-likeness (QED) is 0.512. The zero-order valence-corrected chi connectivity index (χ0v) is 18.6. The van der Waals surface area contributed by atoms with Crippen molar-refractivity contribution in [2.24, 2.45) is 0 Å². The van der Waals surface area contributed by atoms with Crippen LogP contribution in [0.3, 0.4) is 0 Å². The summed E-state index contributed by atoms with van der Waals surface area (Å²) in [5, 5.41) is 6.64. The van der Waals surface area contributed by atoms with Crippen molar-refractivity contribution in [1.29, 1.82) is 0 Å². The SMILES string of the molecule is CCOc1ccccc1NC(=O)c1c(NC(=O)c2ccccc2C)sc2c1CCCC2. The van der Waals surface area contributed by atoms with Crippen molar-refractivity contribution in [3.05, 3.63) is 75.7 Å². The van der Waals surface area contributed by atoms with Crippen LogP contribution in [-0.4, -0.2) is 18.4 Å². The molecule has 0 fully saturated rings. The van der Waals surface area contributed by atoms with Crippen molar-refractivity contribution in [2.75, 3.05) is 17.2 Å². The van der Waals surface area contributed by atoms with Gasteiger partial charge in [-0.05, 0) is 68.9 Å². The Balaban J connectivity index is 1.67. The molecule has 0 aliphatic heterocycles. The highest BCUT2D eigenvalue weighted by Gasteiger charge is 2.27. The summed E-state index contributed by atoms with van der Waals surface area (Å²) in [5.74, 6) is 0.222. The topological polar surface area (TPSA) is 67.4 Å². The molecule has 160 valence electrons. The molecule has 3 aromatic rings. The minimum atomic E-state index is -0.216. The Bertz CT molecular complexity index is 1120. The van der Waals surface area contributed by atoms with E-state index in [1.54, 1.807) is 6.07 Å². The number of aryl methyl sites for hydroxylation is 2. The van der Waals surface area contributed by atoms with Gasteiger partial charge in [0.2, 0.25) is 0 Å². The van der Waals surface area contributed by atoms with E-state index in [1.807, 2.05) is 56.3 Å². The van der Waals surface area contributed by atoms with Crippen molar-refractivity contribution in [2.45, 2.75) is 39.5 Å². The van der Waals surface area contributed by atoms with Crippen LogP contribution in [-0.2, 0) is 12.8 Å². The van der Waals surface area contributed by atoms with Crippen molar-refractivity contribution < 1.29 is 14.3 Å². The molecular formula is C25H26N2O3S. The van der Waals surface area contributed by atoms with E-state index in [0.29, 0.717) is 34.2 Å². The van der Waals surface area contributed by atoms with Crippen LogP contribution in [0.5, 0.6) is 5.75 Å². The predicted molar refractivity (Wildman–Crippen MR) is 126 cm³/mol. The number of fused-ring (bicyclic) bond motifs is 1. The van der Waals surface area contributed by atoms with Gasteiger partial charge in [0.05, 0.1) is 17.9 Å². The molecule has 0 unspecified atom stereocenters. The van der Waals surface area contributed by atoms with Gasteiger partial charge in [-0.15, -0.1) is 11.3 Å². The smallest absolute Gasteiger partial charge is 0.259 e. The number of amides is 2. The minimum absolute atomic E-state index is 0.194. The van der Waals surface area contributed by atoms with Crippen LogP contribution in [0, 0.1) is 6.92 Å². The van der Waals surface area contributed by atoms with E-state index >= 15 is 0 Å². The van der Waals surface area contributed by atoms with Gasteiger partial charge < -0.3 is 15.4 Å². The van der Waals surface area contributed by atoms with Gasteiger partial charge in [0, 0.05) is 10.4 Å². The summed E-state index contributed by atoms with van der Waals surface area (Å²) >= 11 is 1.52. The summed E-state index contributed by atoms with van der Waals surface area (Å²) < 4.78 is 5.65. The number of carbonyl (C=O) groups excluding carboxylic acids is 2. The molecule has 0 spiro atoms. The maximum atomic E-state index is 13.4. The van der Waals surface area contributed by atoms with Crippen molar-refractivity contribution >= 4 is 33.8 Å². The third kappa shape index (κ3) is 4.49. The fourth-order valence-electron chi connectivity index (χ4n) is 3.93. The summed E-state index contributed by atoms with van der Waals surface area (Å²) in [6.45, 7) is 4.33. The molecule has 31 heavy (non-hydrogen) atoms. The number of rotatable bonds is 6. The maximum absolute atomic E-state index is 13.4. The van der Waals surface area contributed by atoms with Crippen LogP contribution in [0.25, 0.3) is 0 Å². The van der Waals surface area contributed by atoms with Crippen molar-refractivity contribution in [3.8, 4) is 5.75 Å². The first-order valence-electron chi connectivity index (χ1n) is 10.6.